The standard InChI is InChI=1S/C8H6ClNO3/c1-13-8(12)5-2-6(9)7(4-11)10-3-5/h2-4H,1H3. The second kappa shape index (κ2) is 4.00. The molecule has 1 aromatic rings. The van der Waals surface area contributed by atoms with E-state index in [9.17, 15) is 9.59 Å². The highest BCUT2D eigenvalue weighted by Crippen LogP contribution is 2.13. The highest BCUT2D eigenvalue weighted by atomic mass is 35.5. The Kier molecular flexibility index (Phi) is 2.97. The molecule has 0 aliphatic heterocycles. The van der Waals surface area contributed by atoms with Gasteiger partial charge >= 0.3 is 5.97 Å². The van der Waals surface area contributed by atoms with E-state index < -0.39 is 5.97 Å². The predicted octanol–water partition coefficient (Wildman–Crippen LogP) is 1.33. The molecule has 0 aromatic carbocycles. The molecular formula is C8H6ClNO3. The smallest absolute Gasteiger partial charge is 0.339 e. The number of rotatable bonds is 2. The maximum Gasteiger partial charge on any atom is 0.339 e. The molecule has 1 heterocycles. The number of methoxy groups -OCH3 is 1. The predicted molar refractivity (Wildman–Crippen MR) is 46.0 cm³/mol. The van der Waals surface area contributed by atoms with E-state index in [-0.39, 0.29) is 16.3 Å². The van der Waals surface area contributed by atoms with Gasteiger partial charge in [0.05, 0.1) is 17.7 Å². The summed E-state index contributed by atoms with van der Waals surface area (Å²) in [5.41, 5.74) is 0.326. The lowest BCUT2D eigenvalue weighted by atomic mass is 10.2. The van der Waals surface area contributed by atoms with Crippen molar-refractivity contribution in [1.82, 2.24) is 4.98 Å². The van der Waals surface area contributed by atoms with E-state index in [2.05, 4.69) is 9.72 Å². The Morgan fingerprint density at radius 2 is 2.38 bits per heavy atom. The average Bonchev–Trinajstić information content (AvgIpc) is 2.16. The van der Waals surface area contributed by atoms with Gasteiger partial charge in [-0.1, -0.05) is 11.6 Å². The number of esters is 1. The molecule has 0 fully saturated rings. The lowest BCUT2D eigenvalue weighted by molar-refractivity contribution is 0.0600. The molecule has 68 valence electrons. The van der Waals surface area contributed by atoms with Gasteiger partial charge in [0.25, 0.3) is 0 Å². The number of hydrogen-bond acceptors (Lipinski definition) is 4. The molecule has 0 bridgehead atoms. The highest BCUT2D eigenvalue weighted by Gasteiger charge is 2.08. The Balaban J connectivity index is 3.09. The lowest BCUT2D eigenvalue weighted by Crippen LogP contribution is -2.03. The van der Waals surface area contributed by atoms with Gasteiger partial charge in [-0.05, 0) is 6.07 Å². The number of pyridine rings is 1. The molecule has 0 saturated carbocycles. The first-order chi connectivity index (χ1) is 6.19. The molecule has 0 atom stereocenters. The summed E-state index contributed by atoms with van der Waals surface area (Å²) in [5, 5.41) is 0.137. The van der Waals surface area contributed by atoms with E-state index in [1.807, 2.05) is 0 Å². The molecule has 13 heavy (non-hydrogen) atoms. The summed E-state index contributed by atoms with van der Waals surface area (Å²) in [7, 11) is 1.25. The zero-order valence-electron chi connectivity index (χ0n) is 6.78. The molecule has 0 aliphatic carbocycles. The molecule has 0 unspecified atom stereocenters. The minimum Gasteiger partial charge on any atom is -0.465 e. The third kappa shape index (κ3) is 2.03. The van der Waals surface area contributed by atoms with Crippen LogP contribution in [0.3, 0.4) is 0 Å². The fraction of sp³-hybridized carbons (Fsp3) is 0.125. The van der Waals surface area contributed by atoms with E-state index in [1.165, 1.54) is 19.4 Å². The number of aromatic nitrogens is 1. The Bertz CT molecular complexity index is 351. The topological polar surface area (TPSA) is 56.3 Å². The molecule has 0 amide bonds. The summed E-state index contributed by atoms with van der Waals surface area (Å²) in [6, 6.07) is 1.34. The van der Waals surface area contributed by atoms with Crippen LogP contribution in [-0.2, 0) is 4.74 Å². The monoisotopic (exact) mass is 199 g/mol. The molecule has 4 nitrogen and oxygen atoms in total. The van der Waals surface area contributed by atoms with E-state index >= 15 is 0 Å². The Labute approximate surface area is 79.5 Å². The van der Waals surface area contributed by atoms with Crippen LogP contribution in [0.25, 0.3) is 0 Å². The van der Waals surface area contributed by atoms with Gasteiger partial charge in [0, 0.05) is 6.20 Å². The van der Waals surface area contributed by atoms with Crippen molar-refractivity contribution in [3.63, 3.8) is 0 Å². The first-order valence-corrected chi connectivity index (χ1v) is 3.76. The minimum atomic E-state index is -0.535. The van der Waals surface area contributed by atoms with Crippen molar-refractivity contribution in [2.75, 3.05) is 7.11 Å². The number of carbonyl (C=O) groups is 2. The maximum absolute atomic E-state index is 11.0. The quantitative estimate of drug-likeness (QED) is 0.533. The molecule has 0 spiro atoms. The first kappa shape index (κ1) is 9.67. The summed E-state index contributed by atoms with van der Waals surface area (Å²) in [6.45, 7) is 0. The SMILES string of the molecule is COC(=O)c1cnc(C=O)c(Cl)c1. The van der Waals surface area contributed by atoms with Crippen LogP contribution in [0.5, 0.6) is 0 Å². The van der Waals surface area contributed by atoms with Crippen LogP contribution >= 0.6 is 11.6 Å². The van der Waals surface area contributed by atoms with Crippen LogP contribution in [0.1, 0.15) is 20.8 Å². The summed E-state index contributed by atoms with van der Waals surface area (Å²) in [6.07, 6.45) is 1.75. The van der Waals surface area contributed by atoms with Crippen LogP contribution < -0.4 is 0 Å². The summed E-state index contributed by atoms with van der Waals surface area (Å²) < 4.78 is 4.44. The molecule has 5 heteroatoms. The molecule has 0 radical (unpaired) electrons. The van der Waals surface area contributed by atoms with E-state index in [0.717, 1.165) is 0 Å². The van der Waals surface area contributed by atoms with Crippen molar-refractivity contribution in [2.24, 2.45) is 0 Å². The van der Waals surface area contributed by atoms with Crippen molar-refractivity contribution in [3.8, 4) is 0 Å². The summed E-state index contributed by atoms with van der Waals surface area (Å²) >= 11 is 5.63. The number of carbonyl (C=O) groups excluding carboxylic acids is 2. The average molecular weight is 200 g/mol. The van der Waals surface area contributed by atoms with Crippen LogP contribution in [0, 0.1) is 0 Å². The zero-order valence-corrected chi connectivity index (χ0v) is 7.54. The molecule has 1 aromatic heterocycles. The highest BCUT2D eigenvalue weighted by molar-refractivity contribution is 6.32. The molecule has 0 N–H and O–H groups in total. The number of hydrogen-bond donors (Lipinski definition) is 0. The van der Waals surface area contributed by atoms with Crippen LogP contribution in [0.4, 0.5) is 0 Å². The third-order valence-electron chi connectivity index (χ3n) is 1.40. The Morgan fingerprint density at radius 3 is 2.85 bits per heavy atom. The zero-order chi connectivity index (χ0) is 9.84. The van der Waals surface area contributed by atoms with Crippen molar-refractivity contribution < 1.29 is 14.3 Å². The Morgan fingerprint density at radius 1 is 1.69 bits per heavy atom. The van der Waals surface area contributed by atoms with Gasteiger partial charge in [0.2, 0.25) is 0 Å². The Hall–Kier alpha value is -1.42. The second-order valence-electron chi connectivity index (χ2n) is 2.20. The van der Waals surface area contributed by atoms with Crippen LogP contribution in [0.15, 0.2) is 12.3 Å². The van der Waals surface area contributed by atoms with Gasteiger partial charge in [-0.2, -0.15) is 0 Å². The summed E-state index contributed by atoms with van der Waals surface area (Å²) in [4.78, 5) is 24.9. The first-order valence-electron chi connectivity index (χ1n) is 3.38. The van der Waals surface area contributed by atoms with Crippen molar-refractivity contribution >= 4 is 23.9 Å². The van der Waals surface area contributed by atoms with Gasteiger partial charge in [0.15, 0.2) is 6.29 Å². The number of halogens is 1. The van der Waals surface area contributed by atoms with Gasteiger partial charge in [-0.3, -0.25) is 9.78 Å². The third-order valence-corrected chi connectivity index (χ3v) is 1.71. The number of ether oxygens (including phenoxy) is 1. The van der Waals surface area contributed by atoms with Gasteiger partial charge in [-0.25, -0.2) is 4.79 Å². The van der Waals surface area contributed by atoms with E-state index in [1.54, 1.807) is 0 Å². The fourth-order valence-corrected chi connectivity index (χ4v) is 0.976. The largest absolute Gasteiger partial charge is 0.465 e. The molecule has 0 saturated heterocycles. The minimum absolute atomic E-state index is 0.106. The van der Waals surface area contributed by atoms with Crippen LogP contribution in [0.2, 0.25) is 5.02 Å². The van der Waals surface area contributed by atoms with E-state index in [0.29, 0.717) is 6.29 Å². The van der Waals surface area contributed by atoms with Gasteiger partial charge in [-0.15, -0.1) is 0 Å². The molecule has 0 aliphatic rings. The normalized spacial score (nSPS) is 9.38. The van der Waals surface area contributed by atoms with Crippen LogP contribution in [-0.4, -0.2) is 24.3 Å². The van der Waals surface area contributed by atoms with Crippen molar-refractivity contribution in [2.45, 2.75) is 0 Å². The van der Waals surface area contributed by atoms with E-state index in [4.69, 9.17) is 11.6 Å². The summed E-state index contributed by atoms with van der Waals surface area (Å²) in [5.74, 6) is -0.535. The lowest BCUT2D eigenvalue weighted by Gasteiger charge is -1.99. The van der Waals surface area contributed by atoms with Crippen molar-refractivity contribution in [1.29, 1.82) is 0 Å². The number of aldehydes is 1. The van der Waals surface area contributed by atoms with Gasteiger partial charge < -0.3 is 4.74 Å². The maximum atomic E-state index is 11.0. The van der Waals surface area contributed by atoms with Gasteiger partial charge in [0.1, 0.15) is 5.69 Å². The second-order valence-corrected chi connectivity index (χ2v) is 2.61. The molecule has 1 rings (SSSR count). The fourth-order valence-electron chi connectivity index (χ4n) is 0.765. The molecular weight excluding hydrogens is 194 g/mol. The number of nitrogens with zero attached hydrogens (tertiary/aromatic N) is 1. The van der Waals surface area contributed by atoms with Crippen molar-refractivity contribution in [3.05, 3.63) is 28.5 Å².